The van der Waals surface area contributed by atoms with Crippen molar-refractivity contribution in [3.63, 3.8) is 0 Å². The number of nitrogens with zero attached hydrogens (tertiary/aromatic N) is 1. The molecule has 1 aliphatic rings. The average molecular weight is 157 g/mol. The van der Waals surface area contributed by atoms with Gasteiger partial charge in [0.05, 0.1) is 0 Å². The summed E-state index contributed by atoms with van der Waals surface area (Å²) >= 11 is 0. The SMILES string of the molecule is NC(=O)C1(C(N)=NO)CCC1. The van der Waals surface area contributed by atoms with Gasteiger partial charge in [0.2, 0.25) is 5.91 Å². The molecular weight excluding hydrogens is 146 g/mol. The van der Waals surface area contributed by atoms with Gasteiger partial charge in [0.25, 0.3) is 0 Å². The first-order valence-electron chi connectivity index (χ1n) is 3.41. The molecule has 0 atom stereocenters. The van der Waals surface area contributed by atoms with Crippen LogP contribution in [0.2, 0.25) is 0 Å². The second kappa shape index (κ2) is 2.41. The summed E-state index contributed by atoms with van der Waals surface area (Å²) in [6.45, 7) is 0. The number of oxime groups is 1. The highest BCUT2D eigenvalue weighted by Gasteiger charge is 2.46. The first-order chi connectivity index (χ1) is 5.13. The van der Waals surface area contributed by atoms with E-state index in [-0.39, 0.29) is 5.84 Å². The zero-order valence-electron chi connectivity index (χ0n) is 6.08. The number of hydrogen-bond acceptors (Lipinski definition) is 3. The van der Waals surface area contributed by atoms with Crippen molar-refractivity contribution in [2.75, 3.05) is 0 Å². The molecule has 1 amide bonds. The maximum absolute atomic E-state index is 10.9. The summed E-state index contributed by atoms with van der Waals surface area (Å²) < 4.78 is 0. The minimum atomic E-state index is -0.852. The van der Waals surface area contributed by atoms with E-state index >= 15 is 0 Å². The average Bonchev–Trinajstić information content (AvgIpc) is 1.84. The maximum Gasteiger partial charge on any atom is 0.231 e. The predicted octanol–water partition coefficient (Wildman–Crippen LogP) is -0.612. The van der Waals surface area contributed by atoms with Crippen LogP contribution in [-0.2, 0) is 4.79 Å². The number of carbonyl (C=O) groups excluding carboxylic acids is 1. The van der Waals surface area contributed by atoms with E-state index in [1.54, 1.807) is 0 Å². The van der Waals surface area contributed by atoms with Crippen LogP contribution in [0.15, 0.2) is 5.16 Å². The maximum atomic E-state index is 10.9. The van der Waals surface area contributed by atoms with Crippen LogP contribution in [0, 0.1) is 5.41 Å². The van der Waals surface area contributed by atoms with Gasteiger partial charge in [0.15, 0.2) is 5.84 Å². The third kappa shape index (κ3) is 0.923. The lowest BCUT2D eigenvalue weighted by molar-refractivity contribution is -0.127. The van der Waals surface area contributed by atoms with Gasteiger partial charge >= 0.3 is 0 Å². The molecule has 5 nitrogen and oxygen atoms in total. The van der Waals surface area contributed by atoms with Crippen molar-refractivity contribution in [2.24, 2.45) is 22.0 Å². The van der Waals surface area contributed by atoms with E-state index in [0.29, 0.717) is 12.8 Å². The Hall–Kier alpha value is -1.26. The van der Waals surface area contributed by atoms with E-state index in [1.165, 1.54) is 0 Å². The fraction of sp³-hybridized carbons (Fsp3) is 0.667. The molecular formula is C6H11N3O2. The lowest BCUT2D eigenvalue weighted by Gasteiger charge is -2.36. The molecule has 0 bridgehead atoms. The number of carbonyl (C=O) groups is 1. The summed E-state index contributed by atoms with van der Waals surface area (Å²) in [4.78, 5) is 10.9. The third-order valence-electron chi connectivity index (χ3n) is 2.28. The Kier molecular flexibility index (Phi) is 1.72. The highest BCUT2D eigenvalue weighted by atomic mass is 16.4. The third-order valence-corrected chi connectivity index (χ3v) is 2.28. The van der Waals surface area contributed by atoms with E-state index in [1.807, 2.05) is 0 Å². The van der Waals surface area contributed by atoms with Gasteiger partial charge in [-0.05, 0) is 12.8 Å². The topological polar surface area (TPSA) is 102 Å². The van der Waals surface area contributed by atoms with Gasteiger partial charge in [-0.2, -0.15) is 0 Å². The van der Waals surface area contributed by atoms with Crippen LogP contribution in [0.1, 0.15) is 19.3 Å². The Bertz CT molecular complexity index is 208. The molecule has 5 N–H and O–H groups in total. The molecule has 1 rings (SSSR count). The Balaban J connectivity index is 2.84. The first-order valence-corrected chi connectivity index (χ1v) is 3.41. The molecule has 0 aromatic carbocycles. The van der Waals surface area contributed by atoms with Crippen LogP contribution in [0.5, 0.6) is 0 Å². The normalized spacial score (nSPS) is 22.4. The number of amides is 1. The smallest absolute Gasteiger partial charge is 0.231 e. The number of primary amides is 1. The lowest BCUT2D eigenvalue weighted by atomic mass is 9.67. The molecule has 0 saturated heterocycles. The number of nitrogens with two attached hydrogens (primary N) is 2. The van der Waals surface area contributed by atoms with E-state index < -0.39 is 11.3 Å². The highest BCUT2D eigenvalue weighted by Crippen LogP contribution is 2.40. The molecule has 0 aliphatic heterocycles. The van der Waals surface area contributed by atoms with Crippen molar-refractivity contribution in [1.82, 2.24) is 0 Å². The zero-order chi connectivity index (χ0) is 8.48. The van der Waals surface area contributed by atoms with Gasteiger partial charge in [0.1, 0.15) is 5.41 Å². The van der Waals surface area contributed by atoms with Crippen molar-refractivity contribution in [3.8, 4) is 0 Å². The van der Waals surface area contributed by atoms with Crippen molar-refractivity contribution >= 4 is 11.7 Å². The van der Waals surface area contributed by atoms with Gasteiger partial charge in [-0.1, -0.05) is 11.6 Å². The number of amidine groups is 1. The van der Waals surface area contributed by atoms with E-state index in [0.717, 1.165) is 6.42 Å². The molecule has 11 heavy (non-hydrogen) atoms. The fourth-order valence-corrected chi connectivity index (χ4v) is 1.25. The molecule has 0 aromatic heterocycles. The Morgan fingerprint density at radius 2 is 2.00 bits per heavy atom. The summed E-state index contributed by atoms with van der Waals surface area (Å²) in [6.07, 6.45) is 2.09. The van der Waals surface area contributed by atoms with Crippen molar-refractivity contribution in [3.05, 3.63) is 0 Å². The molecule has 0 unspecified atom stereocenters. The van der Waals surface area contributed by atoms with Crippen LogP contribution < -0.4 is 11.5 Å². The highest BCUT2D eigenvalue weighted by molar-refractivity contribution is 6.06. The number of rotatable bonds is 2. The Labute approximate surface area is 64.0 Å². The van der Waals surface area contributed by atoms with E-state index in [4.69, 9.17) is 16.7 Å². The van der Waals surface area contributed by atoms with Crippen LogP contribution in [0.25, 0.3) is 0 Å². The van der Waals surface area contributed by atoms with Crippen molar-refractivity contribution < 1.29 is 10.0 Å². The molecule has 62 valence electrons. The molecule has 0 spiro atoms. The Morgan fingerprint density at radius 3 is 2.09 bits per heavy atom. The number of hydrogen-bond donors (Lipinski definition) is 3. The summed E-state index contributed by atoms with van der Waals surface area (Å²) in [7, 11) is 0. The molecule has 0 aromatic rings. The van der Waals surface area contributed by atoms with Gasteiger partial charge in [0, 0.05) is 0 Å². The second-order valence-corrected chi connectivity index (χ2v) is 2.79. The van der Waals surface area contributed by atoms with Gasteiger partial charge in [-0.3, -0.25) is 4.79 Å². The minimum Gasteiger partial charge on any atom is -0.409 e. The van der Waals surface area contributed by atoms with Crippen molar-refractivity contribution in [2.45, 2.75) is 19.3 Å². The molecule has 1 fully saturated rings. The monoisotopic (exact) mass is 157 g/mol. The minimum absolute atomic E-state index is 0.0590. The molecule has 5 heteroatoms. The van der Waals surface area contributed by atoms with Crippen LogP contribution in [0.4, 0.5) is 0 Å². The summed E-state index contributed by atoms with van der Waals surface area (Å²) in [6, 6.07) is 0. The van der Waals surface area contributed by atoms with Crippen LogP contribution >= 0.6 is 0 Å². The second-order valence-electron chi connectivity index (χ2n) is 2.79. The molecule has 0 radical (unpaired) electrons. The Morgan fingerprint density at radius 1 is 1.45 bits per heavy atom. The zero-order valence-corrected chi connectivity index (χ0v) is 6.08. The summed E-state index contributed by atoms with van der Waals surface area (Å²) in [5, 5.41) is 11.1. The summed E-state index contributed by atoms with van der Waals surface area (Å²) in [5.41, 5.74) is 9.56. The van der Waals surface area contributed by atoms with Crippen molar-refractivity contribution in [1.29, 1.82) is 0 Å². The molecule has 1 aliphatic carbocycles. The van der Waals surface area contributed by atoms with Crippen LogP contribution in [-0.4, -0.2) is 17.0 Å². The van der Waals surface area contributed by atoms with Gasteiger partial charge in [-0.25, -0.2) is 0 Å². The standard InChI is InChI=1S/C6H11N3O2/c7-4(9-11)6(5(8)10)2-1-3-6/h11H,1-3H2,(H2,7,9)(H2,8,10). The fourth-order valence-electron chi connectivity index (χ4n) is 1.25. The largest absolute Gasteiger partial charge is 0.409 e. The lowest BCUT2D eigenvalue weighted by Crippen LogP contribution is -2.52. The van der Waals surface area contributed by atoms with Crippen LogP contribution in [0.3, 0.4) is 0 Å². The molecule has 1 saturated carbocycles. The summed E-state index contributed by atoms with van der Waals surface area (Å²) in [5.74, 6) is -0.560. The first kappa shape index (κ1) is 7.84. The van der Waals surface area contributed by atoms with Gasteiger partial charge < -0.3 is 16.7 Å². The van der Waals surface area contributed by atoms with E-state index in [9.17, 15) is 4.79 Å². The van der Waals surface area contributed by atoms with E-state index in [2.05, 4.69) is 5.16 Å². The molecule has 0 heterocycles. The predicted molar refractivity (Wildman–Crippen MR) is 38.9 cm³/mol. The quantitative estimate of drug-likeness (QED) is 0.215. The van der Waals surface area contributed by atoms with Gasteiger partial charge in [-0.15, -0.1) is 0 Å².